The third kappa shape index (κ3) is 4.90. The van der Waals surface area contributed by atoms with Crippen molar-refractivity contribution < 1.29 is 29.0 Å². The Labute approximate surface area is 154 Å². The Hall–Kier alpha value is -3.70. The molecule has 0 bridgehead atoms. The minimum absolute atomic E-state index is 0.130. The number of nitrogens with two attached hydrogens (primary N) is 1. The topological polar surface area (TPSA) is 168 Å². The molecule has 27 heavy (non-hydrogen) atoms. The number of ether oxygens (including phenoxy) is 2. The molecular weight excluding hydrogens is 360 g/mol. The first-order valence-electron chi connectivity index (χ1n) is 7.73. The summed E-state index contributed by atoms with van der Waals surface area (Å²) in [5.74, 6) is -0.438. The lowest BCUT2D eigenvalue weighted by Gasteiger charge is -2.24. The number of aromatic hydroxyl groups is 1. The molecule has 0 saturated carbocycles. The van der Waals surface area contributed by atoms with E-state index in [9.17, 15) is 19.5 Å². The number of carbonyl (C=O) groups excluding carboxylic acids is 3. The number of hydrogen-bond donors (Lipinski definition) is 5. The summed E-state index contributed by atoms with van der Waals surface area (Å²) in [6.45, 7) is -0.271. The zero-order valence-corrected chi connectivity index (χ0v) is 14.7. The first-order chi connectivity index (χ1) is 12.8. The molecule has 12 heteroatoms. The van der Waals surface area contributed by atoms with Crippen LogP contribution in [0.25, 0.3) is 0 Å². The summed E-state index contributed by atoms with van der Waals surface area (Å²) in [4.78, 5) is 35.6. The maximum Gasteiger partial charge on any atom is 0.316 e. The van der Waals surface area contributed by atoms with Crippen molar-refractivity contribution in [1.82, 2.24) is 21.0 Å². The van der Waals surface area contributed by atoms with Gasteiger partial charge in [0.15, 0.2) is 11.5 Å². The fraction of sp³-hybridized carbons (Fsp3) is 0.333. The summed E-state index contributed by atoms with van der Waals surface area (Å²) in [7, 11) is 2.76. The van der Waals surface area contributed by atoms with Crippen LogP contribution in [0.4, 0.5) is 9.59 Å². The van der Waals surface area contributed by atoms with Crippen LogP contribution >= 0.6 is 0 Å². The highest BCUT2D eigenvalue weighted by atomic mass is 16.5. The van der Waals surface area contributed by atoms with Gasteiger partial charge in [0, 0.05) is 5.56 Å². The van der Waals surface area contributed by atoms with Crippen molar-refractivity contribution in [2.24, 2.45) is 10.8 Å². The normalized spacial score (nSPS) is 15.8. The van der Waals surface area contributed by atoms with E-state index >= 15 is 0 Å². The second kappa shape index (κ2) is 8.60. The number of amides is 5. The van der Waals surface area contributed by atoms with E-state index in [1.807, 2.05) is 0 Å². The molecule has 1 heterocycles. The molecule has 1 fully saturated rings. The van der Waals surface area contributed by atoms with Gasteiger partial charge in [0.1, 0.15) is 12.7 Å². The molecule has 0 unspecified atom stereocenters. The molecule has 1 aliphatic rings. The third-order valence-corrected chi connectivity index (χ3v) is 3.63. The van der Waals surface area contributed by atoms with Crippen LogP contribution in [0.2, 0.25) is 0 Å². The van der Waals surface area contributed by atoms with Crippen LogP contribution in [0.15, 0.2) is 17.2 Å². The highest BCUT2D eigenvalue weighted by Gasteiger charge is 2.29. The number of nitrogens with one attached hydrogen (secondary N) is 3. The Morgan fingerprint density at radius 2 is 2.04 bits per heavy atom. The zero-order chi connectivity index (χ0) is 20.0. The van der Waals surface area contributed by atoms with Crippen LogP contribution in [-0.4, -0.2) is 67.7 Å². The number of benzene rings is 1. The fourth-order valence-electron chi connectivity index (χ4n) is 2.33. The summed E-state index contributed by atoms with van der Waals surface area (Å²) in [5.41, 5.74) is 7.98. The summed E-state index contributed by atoms with van der Waals surface area (Å²) in [6.07, 6.45) is 0.575. The van der Waals surface area contributed by atoms with E-state index in [1.165, 1.54) is 32.6 Å². The molecule has 1 aromatic rings. The van der Waals surface area contributed by atoms with E-state index < -0.39 is 30.7 Å². The van der Waals surface area contributed by atoms with Gasteiger partial charge < -0.3 is 30.9 Å². The van der Waals surface area contributed by atoms with E-state index in [4.69, 9.17) is 15.2 Å². The molecule has 0 radical (unpaired) electrons. The second-order valence-electron chi connectivity index (χ2n) is 5.40. The predicted octanol–water partition coefficient (Wildman–Crippen LogP) is -1.12. The monoisotopic (exact) mass is 380 g/mol. The second-order valence-corrected chi connectivity index (χ2v) is 5.40. The Balaban J connectivity index is 2.00. The summed E-state index contributed by atoms with van der Waals surface area (Å²) in [6, 6.07) is 1.65. The number of phenols is 1. The van der Waals surface area contributed by atoms with Crippen molar-refractivity contribution >= 4 is 24.2 Å². The number of hydrazone groups is 1. The van der Waals surface area contributed by atoms with Gasteiger partial charge in [-0.1, -0.05) is 0 Å². The van der Waals surface area contributed by atoms with Gasteiger partial charge in [0.05, 0.1) is 27.0 Å². The first-order valence-corrected chi connectivity index (χ1v) is 7.73. The van der Waals surface area contributed by atoms with Crippen molar-refractivity contribution in [3.63, 3.8) is 0 Å². The maximum atomic E-state index is 12.0. The van der Waals surface area contributed by atoms with Gasteiger partial charge in [0.2, 0.25) is 5.75 Å². The lowest BCUT2D eigenvalue weighted by molar-refractivity contribution is -0.122. The summed E-state index contributed by atoms with van der Waals surface area (Å²) >= 11 is 0. The average Bonchev–Trinajstić information content (AvgIpc) is 3.06. The lowest BCUT2D eigenvalue weighted by atomic mass is 10.2. The number of carbonyl (C=O) groups is 3. The maximum absolute atomic E-state index is 12.0. The Morgan fingerprint density at radius 1 is 1.41 bits per heavy atom. The predicted molar refractivity (Wildman–Crippen MR) is 93.6 cm³/mol. The van der Waals surface area contributed by atoms with Crippen molar-refractivity contribution in [3.05, 3.63) is 17.7 Å². The standard InChI is InChI=1S/C15H20N6O6/c1-26-9-3-8(4-10(27-2)13(9)23)5-18-20-12(22)7-21(14(16)24)11-6-17-15(25)19-11/h3-5,11,23H,6-7H2,1-2H3,(H2,16,24)(H,20,22)(H2,17,19,25)/b18-5+/t11-/m1/s1. The minimum atomic E-state index is -0.865. The molecule has 2 rings (SSSR count). The van der Waals surface area contributed by atoms with Crippen molar-refractivity contribution in [2.75, 3.05) is 27.3 Å². The zero-order valence-electron chi connectivity index (χ0n) is 14.7. The van der Waals surface area contributed by atoms with E-state index in [2.05, 4.69) is 21.2 Å². The van der Waals surface area contributed by atoms with Gasteiger partial charge in [-0.15, -0.1) is 0 Å². The highest BCUT2D eigenvalue weighted by molar-refractivity contribution is 5.87. The van der Waals surface area contributed by atoms with Crippen molar-refractivity contribution in [2.45, 2.75) is 6.17 Å². The number of hydrogen-bond acceptors (Lipinski definition) is 7. The van der Waals surface area contributed by atoms with Gasteiger partial charge in [-0.25, -0.2) is 15.0 Å². The Kier molecular flexibility index (Phi) is 6.25. The average molecular weight is 380 g/mol. The summed E-state index contributed by atoms with van der Waals surface area (Å²) < 4.78 is 10.0. The van der Waals surface area contributed by atoms with Crippen LogP contribution < -0.4 is 31.3 Å². The molecule has 1 aliphatic heterocycles. The van der Waals surface area contributed by atoms with Gasteiger partial charge in [-0.3, -0.25) is 9.69 Å². The van der Waals surface area contributed by atoms with Crippen LogP contribution in [0.3, 0.4) is 0 Å². The Bertz CT molecular complexity index is 742. The Morgan fingerprint density at radius 3 is 2.52 bits per heavy atom. The van der Waals surface area contributed by atoms with Crippen LogP contribution in [0, 0.1) is 0 Å². The molecule has 0 aromatic heterocycles. The molecule has 12 nitrogen and oxygen atoms in total. The van der Waals surface area contributed by atoms with Crippen LogP contribution in [0.1, 0.15) is 5.56 Å². The molecule has 146 valence electrons. The highest BCUT2D eigenvalue weighted by Crippen LogP contribution is 2.36. The van der Waals surface area contributed by atoms with E-state index in [1.54, 1.807) is 0 Å². The smallest absolute Gasteiger partial charge is 0.316 e. The number of phenolic OH excluding ortho intramolecular Hbond substituents is 1. The fourth-order valence-corrected chi connectivity index (χ4v) is 2.33. The molecular formula is C15H20N6O6. The first kappa shape index (κ1) is 19.6. The molecule has 0 spiro atoms. The number of nitrogens with zero attached hydrogens (tertiary/aromatic N) is 2. The van der Waals surface area contributed by atoms with Gasteiger partial charge in [0.25, 0.3) is 5.91 Å². The number of methoxy groups -OCH3 is 2. The van der Waals surface area contributed by atoms with Crippen LogP contribution in [-0.2, 0) is 4.79 Å². The van der Waals surface area contributed by atoms with E-state index in [0.29, 0.717) is 5.56 Å². The van der Waals surface area contributed by atoms with Crippen molar-refractivity contribution in [3.8, 4) is 17.2 Å². The van der Waals surface area contributed by atoms with Gasteiger partial charge in [-0.05, 0) is 12.1 Å². The number of primary amides is 1. The molecule has 0 aliphatic carbocycles. The van der Waals surface area contributed by atoms with E-state index in [0.717, 1.165) is 4.90 Å². The van der Waals surface area contributed by atoms with E-state index in [-0.39, 0.29) is 23.8 Å². The lowest BCUT2D eigenvalue weighted by Crippen LogP contribution is -2.53. The number of rotatable bonds is 7. The number of urea groups is 2. The van der Waals surface area contributed by atoms with Crippen LogP contribution in [0.5, 0.6) is 17.2 Å². The largest absolute Gasteiger partial charge is 0.502 e. The quantitative estimate of drug-likeness (QED) is 0.296. The summed E-state index contributed by atoms with van der Waals surface area (Å²) in [5, 5.41) is 18.6. The molecule has 5 amide bonds. The minimum Gasteiger partial charge on any atom is -0.502 e. The molecule has 1 aromatic carbocycles. The van der Waals surface area contributed by atoms with Crippen molar-refractivity contribution in [1.29, 1.82) is 0 Å². The molecule has 1 saturated heterocycles. The van der Waals surface area contributed by atoms with Gasteiger partial charge in [-0.2, -0.15) is 5.10 Å². The molecule has 1 atom stereocenters. The van der Waals surface area contributed by atoms with Gasteiger partial charge >= 0.3 is 12.1 Å². The third-order valence-electron chi connectivity index (χ3n) is 3.63. The molecule has 6 N–H and O–H groups in total. The SMILES string of the molecule is COc1cc(/C=N/NC(=O)CN(C(N)=O)[C@@H]2CNC(=O)N2)cc(OC)c1O.